The van der Waals surface area contributed by atoms with Gasteiger partial charge < -0.3 is 0 Å². The molecule has 8 rings (SSSR count). The summed E-state index contributed by atoms with van der Waals surface area (Å²) in [6.45, 7) is 13.0. The highest BCUT2D eigenvalue weighted by Crippen LogP contribution is 2.51. The first-order valence-electron chi connectivity index (χ1n) is 15.5. The van der Waals surface area contributed by atoms with Crippen molar-refractivity contribution >= 4 is 44.1 Å². The number of rotatable bonds is 5. The van der Waals surface area contributed by atoms with E-state index in [1.54, 1.807) is 6.20 Å². The molecule has 0 atom stereocenters. The zero-order chi connectivity index (χ0) is 30.7. The number of aliphatic imine (C=N–C) groups is 1. The smallest absolute Gasteiger partial charge is 0.0340 e. The fourth-order valence-corrected chi connectivity index (χ4v) is 7.55. The molecular weight excluding hydrogens is 542 g/mol. The van der Waals surface area contributed by atoms with Crippen LogP contribution in [0.25, 0.3) is 71.3 Å². The number of benzene rings is 7. The van der Waals surface area contributed by atoms with Gasteiger partial charge in [0.1, 0.15) is 0 Å². The lowest BCUT2D eigenvalue weighted by atomic mass is 9.80. The van der Waals surface area contributed by atoms with Crippen LogP contribution in [0.3, 0.4) is 0 Å². The van der Waals surface area contributed by atoms with Crippen LogP contribution in [0, 0.1) is 0 Å². The highest BCUT2D eigenvalue weighted by molar-refractivity contribution is 6.26. The Labute approximate surface area is 264 Å². The number of hydrogen-bond acceptors (Lipinski definition) is 1. The molecule has 0 spiro atoms. The molecule has 0 fully saturated rings. The molecule has 0 N–H and O–H groups in total. The number of hydrogen-bond donors (Lipinski definition) is 0. The fraction of sp³-hybridized carbons (Fsp3) is 0.0682. The predicted molar refractivity (Wildman–Crippen MR) is 195 cm³/mol. The molecule has 0 saturated heterocycles. The summed E-state index contributed by atoms with van der Waals surface area (Å²) in [5.41, 5.74) is 12.2. The molecule has 0 aliphatic heterocycles. The van der Waals surface area contributed by atoms with Crippen LogP contribution in [0.2, 0.25) is 0 Å². The molecule has 1 aliphatic carbocycles. The average Bonchev–Trinajstić information content (AvgIpc) is 3.31. The third-order valence-corrected chi connectivity index (χ3v) is 9.65. The van der Waals surface area contributed by atoms with Gasteiger partial charge in [0.25, 0.3) is 0 Å². The second-order valence-electron chi connectivity index (χ2n) is 12.5. The Morgan fingerprint density at radius 1 is 0.578 bits per heavy atom. The van der Waals surface area contributed by atoms with E-state index in [2.05, 4.69) is 159 Å². The first-order valence-corrected chi connectivity index (χ1v) is 15.5. The van der Waals surface area contributed by atoms with Gasteiger partial charge in [-0.25, -0.2) is 0 Å². The van der Waals surface area contributed by atoms with Gasteiger partial charge in [0.15, 0.2) is 0 Å². The van der Waals surface area contributed by atoms with Gasteiger partial charge in [0.2, 0.25) is 0 Å². The van der Waals surface area contributed by atoms with Crippen LogP contribution < -0.4 is 0 Å². The van der Waals surface area contributed by atoms with Gasteiger partial charge in [-0.05, 0) is 100 Å². The van der Waals surface area contributed by atoms with Crippen molar-refractivity contribution in [3.05, 3.63) is 163 Å². The maximum absolute atomic E-state index is 4.48. The molecule has 0 saturated carbocycles. The Morgan fingerprint density at radius 3 is 2.07 bits per heavy atom. The zero-order valence-corrected chi connectivity index (χ0v) is 25.6. The molecule has 0 amide bonds. The maximum Gasteiger partial charge on any atom is 0.0340 e. The van der Waals surface area contributed by atoms with E-state index < -0.39 is 0 Å². The highest BCUT2D eigenvalue weighted by Gasteiger charge is 2.35. The van der Waals surface area contributed by atoms with E-state index in [1.165, 1.54) is 71.4 Å². The van der Waals surface area contributed by atoms with Crippen molar-refractivity contribution < 1.29 is 0 Å². The van der Waals surface area contributed by atoms with Gasteiger partial charge in [-0.2, -0.15) is 0 Å². The summed E-state index contributed by atoms with van der Waals surface area (Å²) < 4.78 is 0. The maximum atomic E-state index is 4.48. The fourth-order valence-electron chi connectivity index (χ4n) is 7.55. The Kier molecular flexibility index (Phi) is 6.18. The molecule has 0 heterocycles. The molecule has 0 bridgehead atoms. The van der Waals surface area contributed by atoms with Crippen molar-refractivity contribution in [2.24, 2.45) is 4.99 Å². The third-order valence-electron chi connectivity index (χ3n) is 9.65. The van der Waals surface area contributed by atoms with E-state index in [0.29, 0.717) is 0 Å². The van der Waals surface area contributed by atoms with E-state index in [4.69, 9.17) is 0 Å². The van der Waals surface area contributed by atoms with Gasteiger partial charge in [0.05, 0.1) is 0 Å². The van der Waals surface area contributed by atoms with Crippen molar-refractivity contribution in [2.75, 3.05) is 0 Å². The first-order chi connectivity index (χ1) is 22.0. The van der Waals surface area contributed by atoms with Gasteiger partial charge in [-0.3, -0.25) is 4.99 Å². The van der Waals surface area contributed by atoms with Crippen molar-refractivity contribution in [1.29, 1.82) is 0 Å². The minimum atomic E-state index is -0.0863. The lowest BCUT2D eigenvalue weighted by Gasteiger charge is -2.23. The molecule has 1 aliphatic rings. The van der Waals surface area contributed by atoms with Crippen molar-refractivity contribution in [2.45, 2.75) is 19.3 Å². The third kappa shape index (κ3) is 4.12. The van der Waals surface area contributed by atoms with E-state index in [0.717, 1.165) is 16.5 Å². The molecular formula is C44H33N. The molecule has 214 valence electrons. The zero-order valence-electron chi connectivity index (χ0n) is 25.6. The molecule has 7 aromatic carbocycles. The summed E-state index contributed by atoms with van der Waals surface area (Å²) >= 11 is 0. The van der Waals surface area contributed by atoms with E-state index in [-0.39, 0.29) is 5.41 Å². The minimum absolute atomic E-state index is 0.0863. The molecule has 0 aromatic heterocycles. The van der Waals surface area contributed by atoms with Gasteiger partial charge in [0, 0.05) is 17.8 Å². The summed E-state index contributed by atoms with van der Waals surface area (Å²) in [5.74, 6) is 0. The summed E-state index contributed by atoms with van der Waals surface area (Å²) in [6.07, 6.45) is 3.38. The van der Waals surface area contributed by atoms with Crippen LogP contribution in [0.1, 0.15) is 30.5 Å². The van der Waals surface area contributed by atoms with E-state index in [1.807, 2.05) is 6.21 Å². The van der Waals surface area contributed by atoms with Gasteiger partial charge in [-0.15, -0.1) is 0 Å². The molecule has 0 radical (unpaired) electrons. The number of nitrogens with zero attached hydrogens (tertiary/aromatic N) is 1. The van der Waals surface area contributed by atoms with Crippen LogP contribution in [0.5, 0.6) is 0 Å². The van der Waals surface area contributed by atoms with Crippen LogP contribution in [0.4, 0.5) is 0 Å². The monoisotopic (exact) mass is 575 g/mol. The SMILES string of the molecule is C=CN=CC(=C)c1c2ccccc2c(-c2ccc3c(c2)C(C)(C)c2ccccc2-3)c2cc(-c3cccc4ccccc34)ccc12. The van der Waals surface area contributed by atoms with Crippen LogP contribution >= 0.6 is 0 Å². The predicted octanol–water partition coefficient (Wildman–Crippen LogP) is 12.0. The van der Waals surface area contributed by atoms with E-state index in [9.17, 15) is 0 Å². The Bertz CT molecular complexity index is 2380. The topological polar surface area (TPSA) is 12.4 Å². The highest BCUT2D eigenvalue weighted by atomic mass is 14.7. The molecule has 0 unspecified atom stereocenters. The molecule has 1 nitrogen and oxygen atoms in total. The summed E-state index contributed by atoms with van der Waals surface area (Å²) in [6, 6.07) is 46.8. The van der Waals surface area contributed by atoms with Crippen LogP contribution in [-0.2, 0) is 5.41 Å². The number of allylic oxidation sites excluding steroid dienone is 1. The summed E-state index contributed by atoms with van der Waals surface area (Å²) in [7, 11) is 0. The Hall–Kier alpha value is -5.53. The summed E-state index contributed by atoms with van der Waals surface area (Å²) in [4.78, 5) is 4.36. The minimum Gasteiger partial charge on any atom is -0.265 e. The summed E-state index contributed by atoms with van der Waals surface area (Å²) in [5, 5.41) is 7.23. The van der Waals surface area contributed by atoms with Crippen molar-refractivity contribution in [3.63, 3.8) is 0 Å². The second kappa shape index (κ2) is 10.3. The van der Waals surface area contributed by atoms with Crippen molar-refractivity contribution in [3.8, 4) is 33.4 Å². The molecule has 1 heteroatoms. The van der Waals surface area contributed by atoms with Gasteiger partial charge in [-0.1, -0.05) is 142 Å². The largest absolute Gasteiger partial charge is 0.265 e. The molecule has 45 heavy (non-hydrogen) atoms. The standard InChI is InChI=1S/C44H33N/c1-5-45-27-28(2)42-36-17-8-9-18-37(36)43(31-22-23-35-34-16-10-11-20-40(34)44(3,4)41(35)26-31)39-25-30(21-24-38(39)42)33-19-12-14-29-13-6-7-15-32(29)33/h5-27H,1-2H2,3-4H3. The number of fused-ring (bicyclic) bond motifs is 6. The molecule has 7 aromatic rings. The van der Waals surface area contributed by atoms with Crippen LogP contribution in [0.15, 0.2) is 152 Å². The second-order valence-corrected chi connectivity index (χ2v) is 12.5. The Balaban J connectivity index is 1.47. The lowest BCUT2D eigenvalue weighted by Crippen LogP contribution is -2.14. The van der Waals surface area contributed by atoms with Crippen molar-refractivity contribution in [1.82, 2.24) is 0 Å². The quantitative estimate of drug-likeness (QED) is 0.143. The van der Waals surface area contributed by atoms with E-state index >= 15 is 0 Å². The van der Waals surface area contributed by atoms with Gasteiger partial charge >= 0.3 is 0 Å². The van der Waals surface area contributed by atoms with Crippen LogP contribution in [-0.4, -0.2) is 6.21 Å². The lowest BCUT2D eigenvalue weighted by molar-refractivity contribution is 0.660. The average molecular weight is 576 g/mol. The first kappa shape index (κ1) is 27.0. The normalized spacial score (nSPS) is 13.4. The Morgan fingerprint density at radius 2 is 1.22 bits per heavy atom.